The van der Waals surface area contributed by atoms with Gasteiger partial charge in [0, 0.05) is 23.9 Å². The number of hydrogen-bond donors (Lipinski definition) is 0. The molecule has 1 saturated heterocycles. The van der Waals surface area contributed by atoms with Crippen LogP contribution in [0.5, 0.6) is 5.75 Å². The van der Waals surface area contributed by atoms with Gasteiger partial charge in [-0.1, -0.05) is 106 Å². The van der Waals surface area contributed by atoms with Crippen molar-refractivity contribution in [1.82, 2.24) is 14.7 Å². The van der Waals surface area contributed by atoms with Gasteiger partial charge in [-0.2, -0.15) is 5.10 Å². The number of nitrogens with zero attached hydrogens (tertiary/aromatic N) is 3. The number of carbonyl (C=O) groups excluding carboxylic acids is 1. The average Bonchev–Trinajstić information content (AvgIpc) is 3.55. The topological polar surface area (TPSA) is 47.4 Å². The highest BCUT2D eigenvalue weighted by atomic mass is 32.2. The van der Waals surface area contributed by atoms with E-state index in [0.29, 0.717) is 28.3 Å². The second kappa shape index (κ2) is 13.8. The molecule has 1 aliphatic heterocycles. The second-order valence-corrected chi connectivity index (χ2v) is 11.9. The first kappa shape index (κ1) is 28.8. The Morgan fingerprint density at radius 1 is 0.976 bits per heavy atom. The highest BCUT2D eigenvalue weighted by Gasteiger charge is 2.33. The van der Waals surface area contributed by atoms with Crippen molar-refractivity contribution in [3.8, 4) is 22.7 Å². The van der Waals surface area contributed by atoms with E-state index >= 15 is 0 Å². The molecule has 1 amide bonds. The van der Waals surface area contributed by atoms with Crippen LogP contribution in [-0.4, -0.2) is 31.5 Å². The standard InChI is InChI=1S/C34H35N3O2S2/c1-3-5-12-25(4-2)22-36-33(38)31(41-34(36)40)21-28-23-37(29-15-10-7-11-16-29)35-32(28)27-17-19-30(20-18-27)39-24-26-13-8-6-9-14-26/h6-11,13-21,23,25H,3-5,12,22,24H2,1-2H3. The molecule has 1 unspecified atom stereocenters. The molecule has 41 heavy (non-hydrogen) atoms. The minimum Gasteiger partial charge on any atom is -0.489 e. The minimum atomic E-state index is -0.0157. The molecule has 5 rings (SSSR count). The molecule has 210 valence electrons. The third kappa shape index (κ3) is 7.16. The predicted octanol–water partition coefficient (Wildman–Crippen LogP) is 8.54. The minimum absolute atomic E-state index is 0.0157. The van der Waals surface area contributed by atoms with Crippen LogP contribution in [0, 0.1) is 5.92 Å². The number of thioether (sulfide) groups is 1. The monoisotopic (exact) mass is 581 g/mol. The Balaban J connectivity index is 1.41. The molecule has 1 aliphatic rings. The van der Waals surface area contributed by atoms with Gasteiger partial charge in [0.2, 0.25) is 0 Å². The number of rotatable bonds is 12. The summed E-state index contributed by atoms with van der Waals surface area (Å²) in [5.74, 6) is 1.23. The molecule has 1 fully saturated rings. The van der Waals surface area contributed by atoms with E-state index in [1.54, 1.807) is 4.90 Å². The van der Waals surface area contributed by atoms with Crippen LogP contribution in [0.2, 0.25) is 0 Å². The summed E-state index contributed by atoms with van der Waals surface area (Å²) in [5.41, 5.74) is 4.67. The number of aromatic nitrogens is 2. The number of ether oxygens (including phenoxy) is 1. The Bertz CT molecular complexity index is 1500. The summed E-state index contributed by atoms with van der Waals surface area (Å²) in [6, 6.07) is 28.1. The van der Waals surface area contributed by atoms with Crippen molar-refractivity contribution in [2.75, 3.05) is 6.54 Å². The zero-order chi connectivity index (χ0) is 28.6. The van der Waals surface area contributed by atoms with Crippen LogP contribution in [0.25, 0.3) is 23.0 Å². The van der Waals surface area contributed by atoms with Crippen LogP contribution < -0.4 is 4.74 Å². The highest BCUT2D eigenvalue weighted by molar-refractivity contribution is 8.26. The SMILES string of the molecule is CCCCC(CC)CN1C(=O)C(=Cc2cn(-c3ccccc3)nc2-c2ccc(OCc3ccccc3)cc2)SC1=S. The quantitative estimate of drug-likeness (QED) is 0.124. The van der Waals surface area contributed by atoms with Crippen molar-refractivity contribution in [3.05, 3.63) is 107 Å². The first-order chi connectivity index (χ1) is 20.1. The number of benzene rings is 3. The lowest BCUT2D eigenvalue weighted by Gasteiger charge is -2.21. The number of carbonyl (C=O) groups is 1. The van der Waals surface area contributed by atoms with Gasteiger partial charge >= 0.3 is 0 Å². The van der Waals surface area contributed by atoms with E-state index in [2.05, 4.69) is 13.8 Å². The molecular weight excluding hydrogens is 547 g/mol. The molecule has 0 N–H and O–H groups in total. The van der Waals surface area contributed by atoms with Crippen molar-refractivity contribution in [3.63, 3.8) is 0 Å². The molecule has 1 atom stereocenters. The smallest absolute Gasteiger partial charge is 0.266 e. The number of unbranched alkanes of at least 4 members (excludes halogenated alkanes) is 1. The number of hydrogen-bond acceptors (Lipinski definition) is 5. The maximum Gasteiger partial charge on any atom is 0.266 e. The van der Waals surface area contributed by atoms with Crippen LogP contribution in [0.3, 0.4) is 0 Å². The van der Waals surface area contributed by atoms with Gasteiger partial charge in [0.25, 0.3) is 5.91 Å². The fourth-order valence-electron chi connectivity index (χ4n) is 4.85. The van der Waals surface area contributed by atoms with Crippen molar-refractivity contribution in [1.29, 1.82) is 0 Å². The fraction of sp³-hybridized carbons (Fsp3) is 0.265. The Morgan fingerprint density at radius 2 is 1.68 bits per heavy atom. The average molecular weight is 582 g/mol. The summed E-state index contributed by atoms with van der Waals surface area (Å²) in [5, 5.41) is 4.94. The van der Waals surface area contributed by atoms with Gasteiger partial charge in [-0.05, 0) is 60.4 Å². The lowest BCUT2D eigenvalue weighted by atomic mass is 9.99. The van der Waals surface area contributed by atoms with Crippen LogP contribution >= 0.6 is 24.0 Å². The molecular formula is C34H35N3O2S2. The van der Waals surface area contributed by atoms with E-state index in [4.69, 9.17) is 22.1 Å². The third-order valence-corrected chi connectivity index (χ3v) is 8.66. The van der Waals surface area contributed by atoms with Crippen LogP contribution in [0.15, 0.2) is 96.0 Å². The second-order valence-electron chi connectivity index (χ2n) is 10.2. The predicted molar refractivity (Wildman–Crippen MR) is 173 cm³/mol. The molecule has 0 radical (unpaired) electrons. The molecule has 4 aromatic rings. The molecule has 0 aliphatic carbocycles. The molecule has 7 heteroatoms. The van der Waals surface area contributed by atoms with Crippen molar-refractivity contribution >= 4 is 40.3 Å². The van der Waals surface area contributed by atoms with Crippen molar-refractivity contribution < 1.29 is 9.53 Å². The van der Waals surface area contributed by atoms with Gasteiger partial charge in [0.15, 0.2) is 0 Å². The van der Waals surface area contributed by atoms with Crippen LogP contribution in [-0.2, 0) is 11.4 Å². The first-order valence-corrected chi connectivity index (χ1v) is 15.5. The Hall–Kier alpha value is -3.68. The molecule has 2 heterocycles. The Morgan fingerprint density at radius 3 is 2.37 bits per heavy atom. The summed E-state index contributed by atoms with van der Waals surface area (Å²) in [6.07, 6.45) is 8.39. The van der Waals surface area contributed by atoms with E-state index in [1.165, 1.54) is 18.2 Å². The van der Waals surface area contributed by atoms with E-state index in [0.717, 1.165) is 53.1 Å². The lowest BCUT2D eigenvalue weighted by molar-refractivity contribution is -0.122. The van der Waals surface area contributed by atoms with Crippen molar-refractivity contribution in [2.45, 2.75) is 46.1 Å². The highest BCUT2D eigenvalue weighted by Crippen LogP contribution is 2.36. The molecule has 0 bridgehead atoms. The summed E-state index contributed by atoms with van der Waals surface area (Å²) < 4.78 is 8.49. The lowest BCUT2D eigenvalue weighted by Crippen LogP contribution is -2.33. The molecule has 3 aromatic carbocycles. The molecule has 5 nitrogen and oxygen atoms in total. The van der Waals surface area contributed by atoms with E-state index in [9.17, 15) is 4.79 Å². The molecule has 0 saturated carbocycles. The van der Waals surface area contributed by atoms with Gasteiger partial charge in [0.1, 0.15) is 16.7 Å². The number of para-hydroxylation sites is 1. The summed E-state index contributed by atoms with van der Waals surface area (Å²) in [4.78, 5) is 15.9. The molecule has 1 aromatic heterocycles. The summed E-state index contributed by atoms with van der Waals surface area (Å²) >= 11 is 7.05. The zero-order valence-corrected chi connectivity index (χ0v) is 25.2. The summed E-state index contributed by atoms with van der Waals surface area (Å²) in [7, 11) is 0. The first-order valence-electron chi connectivity index (χ1n) is 14.2. The van der Waals surface area contributed by atoms with E-state index in [1.807, 2.05) is 102 Å². The number of thiocarbonyl (C=S) groups is 1. The Labute approximate surface area is 252 Å². The maximum atomic E-state index is 13.5. The third-order valence-electron chi connectivity index (χ3n) is 7.28. The fourth-order valence-corrected chi connectivity index (χ4v) is 6.12. The van der Waals surface area contributed by atoms with Gasteiger partial charge in [0.05, 0.1) is 16.3 Å². The van der Waals surface area contributed by atoms with Gasteiger partial charge in [-0.15, -0.1) is 0 Å². The van der Waals surface area contributed by atoms with Gasteiger partial charge in [-0.3, -0.25) is 9.69 Å². The van der Waals surface area contributed by atoms with Gasteiger partial charge < -0.3 is 4.74 Å². The van der Waals surface area contributed by atoms with E-state index in [-0.39, 0.29) is 5.91 Å². The van der Waals surface area contributed by atoms with Crippen LogP contribution in [0.1, 0.15) is 50.7 Å². The van der Waals surface area contributed by atoms with Crippen LogP contribution in [0.4, 0.5) is 0 Å². The van der Waals surface area contributed by atoms with E-state index < -0.39 is 0 Å². The maximum absolute atomic E-state index is 13.5. The zero-order valence-electron chi connectivity index (χ0n) is 23.5. The molecule has 0 spiro atoms. The number of amides is 1. The normalized spacial score (nSPS) is 15.1. The Kier molecular flexibility index (Phi) is 9.70. The van der Waals surface area contributed by atoms with Gasteiger partial charge in [-0.25, -0.2) is 4.68 Å². The summed E-state index contributed by atoms with van der Waals surface area (Å²) in [6.45, 7) is 5.58. The largest absolute Gasteiger partial charge is 0.489 e. The van der Waals surface area contributed by atoms with Crippen molar-refractivity contribution in [2.24, 2.45) is 5.92 Å².